The molecule has 150 valence electrons. The Morgan fingerprint density at radius 2 is 1.76 bits per heavy atom. The van der Waals surface area contributed by atoms with Crippen LogP contribution in [0.25, 0.3) is 0 Å². The van der Waals surface area contributed by atoms with E-state index >= 15 is 0 Å². The average Bonchev–Trinajstić information content (AvgIpc) is 3.11. The molecule has 0 spiro atoms. The molecule has 0 aromatic heterocycles. The van der Waals surface area contributed by atoms with E-state index in [2.05, 4.69) is 5.32 Å². The molecule has 0 bridgehead atoms. The Bertz CT molecular complexity index is 1010. The highest BCUT2D eigenvalue weighted by molar-refractivity contribution is 6.13. The molecule has 9 heteroatoms. The summed E-state index contributed by atoms with van der Waals surface area (Å²) in [6, 6.07) is 5.22. The Balaban J connectivity index is 1.66. The van der Waals surface area contributed by atoms with E-state index in [4.69, 9.17) is 0 Å². The Labute approximate surface area is 163 Å². The lowest BCUT2D eigenvalue weighted by molar-refractivity contribution is -0.124. The fourth-order valence-corrected chi connectivity index (χ4v) is 3.76. The summed E-state index contributed by atoms with van der Waals surface area (Å²) in [4.78, 5) is 40.8. The number of carbonyl (C=O) groups is 3. The zero-order chi connectivity index (χ0) is 20.7. The molecule has 6 nitrogen and oxygen atoms in total. The average molecular weight is 403 g/mol. The molecule has 2 aliphatic heterocycles. The van der Waals surface area contributed by atoms with Crippen molar-refractivity contribution in [2.75, 3.05) is 23.3 Å². The van der Waals surface area contributed by atoms with E-state index in [1.807, 2.05) is 0 Å². The Morgan fingerprint density at radius 1 is 1.03 bits per heavy atom. The summed E-state index contributed by atoms with van der Waals surface area (Å²) < 4.78 is 40.6. The number of anilines is 2. The summed E-state index contributed by atoms with van der Waals surface area (Å²) in [5, 5.41) is 2.32. The van der Waals surface area contributed by atoms with Crippen molar-refractivity contribution in [3.05, 3.63) is 59.4 Å². The number of carbonyl (C=O) groups excluding carboxylic acids is 3. The number of hydrogen-bond donors (Lipinski definition) is 1. The molecule has 2 heterocycles. The summed E-state index contributed by atoms with van der Waals surface area (Å²) >= 11 is 0. The van der Waals surface area contributed by atoms with Crippen molar-refractivity contribution < 1.29 is 27.6 Å². The van der Waals surface area contributed by atoms with Gasteiger partial charge < -0.3 is 15.1 Å². The Hall–Kier alpha value is -3.36. The standard InChI is InChI=1S/C20H16F3N3O3/c21-11-3-4-15-17(9-11)26(20(29)16-2-1-5-25(16)19(15)28)10-18(27)24-14-7-12(22)6-13(23)8-14/h3-4,6-9,16H,1-2,5,10H2,(H,24,27). The van der Waals surface area contributed by atoms with E-state index in [1.165, 1.54) is 11.0 Å². The maximum absolute atomic E-state index is 13.9. The first-order valence-electron chi connectivity index (χ1n) is 9.01. The number of rotatable bonds is 3. The summed E-state index contributed by atoms with van der Waals surface area (Å²) in [5.41, 5.74) is -0.00321. The molecule has 0 radical (unpaired) electrons. The van der Waals surface area contributed by atoms with Crippen LogP contribution in [-0.4, -0.2) is 41.8 Å². The summed E-state index contributed by atoms with van der Waals surface area (Å²) in [6.07, 6.45) is 1.08. The zero-order valence-electron chi connectivity index (χ0n) is 15.1. The molecule has 1 saturated heterocycles. The number of fused-ring (bicyclic) bond motifs is 2. The fourth-order valence-electron chi connectivity index (χ4n) is 3.76. The molecule has 3 amide bonds. The van der Waals surface area contributed by atoms with Crippen LogP contribution in [0.3, 0.4) is 0 Å². The molecular formula is C20H16F3N3O3. The van der Waals surface area contributed by atoms with Gasteiger partial charge in [0.1, 0.15) is 30.0 Å². The molecule has 1 unspecified atom stereocenters. The van der Waals surface area contributed by atoms with Crippen molar-refractivity contribution >= 4 is 29.1 Å². The second-order valence-corrected chi connectivity index (χ2v) is 6.95. The predicted molar refractivity (Wildman–Crippen MR) is 97.8 cm³/mol. The van der Waals surface area contributed by atoms with Crippen LogP contribution < -0.4 is 10.2 Å². The van der Waals surface area contributed by atoms with E-state index in [-0.39, 0.29) is 16.9 Å². The van der Waals surface area contributed by atoms with Gasteiger partial charge in [0.2, 0.25) is 11.8 Å². The van der Waals surface area contributed by atoms with Crippen LogP contribution in [0.2, 0.25) is 0 Å². The highest BCUT2D eigenvalue weighted by atomic mass is 19.1. The first kappa shape index (κ1) is 19.0. The van der Waals surface area contributed by atoms with E-state index in [1.54, 1.807) is 0 Å². The number of halogens is 3. The highest BCUT2D eigenvalue weighted by Gasteiger charge is 2.42. The number of nitrogens with zero attached hydrogens (tertiary/aromatic N) is 2. The molecule has 29 heavy (non-hydrogen) atoms. The third-order valence-electron chi connectivity index (χ3n) is 4.99. The molecule has 1 N–H and O–H groups in total. The van der Waals surface area contributed by atoms with Gasteiger partial charge in [-0.1, -0.05) is 0 Å². The second-order valence-electron chi connectivity index (χ2n) is 6.95. The highest BCUT2D eigenvalue weighted by Crippen LogP contribution is 2.33. The molecule has 2 aliphatic rings. The molecule has 2 aromatic carbocycles. The SMILES string of the molecule is O=C(CN1C(=O)C2CCCN2C(=O)c2ccc(F)cc21)Nc1cc(F)cc(F)c1. The van der Waals surface area contributed by atoms with Gasteiger partial charge in [0.25, 0.3) is 5.91 Å². The summed E-state index contributed by atoms with van der Waals surface area (Å²) in [7, 11) is 0. The first-order chi connectivity index (χ1) is 13.8. The van der Waals surface area contributed by atoms with Gasteiger partial charge in [0.05, 0.1) is 11.3 Å². The molecule has 0 aliphatic carbocycles. The number of amides is 3. The van der Waals surface area contributed by atoms with Crippen LogP contribution in [0.4, 0.5) is 24.5 Å². The van der Waals surface area contributed by atoms with Gasteiger partial charge in [-0.3, -0.25) is 14.4 Å². The van der Waals surface area contributed by atoms with Crippen molar-refractivity contribution in [3.8, 4) is 0 Å². The van der Waals surface area contributed by atoms with E-state index in [9.17, 15) is 27.6 Å². The quantitative estimate of drug-likeness (QED) is 0.857. The van der Waals surface area contributed by atoms with Gasteiger partial charge in [-0.2, -0.15) is 0 Å². The smallest absolute Gasteiger partial charge is 0.256 e. The lowest BCUT2D eigenvalue weighted by atomic mass is 10.1. The number of hydrogen-bond acceptors (Lipinski definition) is 3. The van der Waals surface area contributed by atoms with Crippen molar-refractivity contribution in [2.45, 2.75) is 18.9 Å². The van der Waals surface area contributed by atoms with Crippen molar-refractivity contribution in [3.63, 3.8) is 0 Å². The van der Waals surface area contributed by atoms with Crippen LogP contribution in [0.15, 0.2) is 36.4 Å². The monoisotopic (exact) mass is 403 g/mol. The molecular weight excluding hydrogens is 387 g/mol. The second kappa shape index (κ2) is 7.23. The zero-order valence-corrected chi connectivity index (χ0v) is 15.1. The van der Waals surface area contributed by atoms with Crippen molar-refractivity contribution in [1.82, 2.24) is 4.90 Å². The van der Waals surface area contributed by atoms with Crippen LogP contribution in [-0.2, 0) is 9.59 Å². The topological polar surface area (TPSA) is 69.7 Å². The Morgan fingerprint density at radius 3 is 2.48 bits per heavy atom. The summed E-state index contributed by atoms with van der Waals surface area (Å²) in [5.74, 6) is -4.04. The van der Waals surface area contributed by atoms with Gasteiger partial charge in [-0.15, -0.1) is 0 Å². The predicted octanol–water partition coefficient (Wildman–Crippen LogP) is 2.69. The van der Waals surface area contributed by atoms with Gasteiger partial charge in [0.15, 0.2) is 0 Å². The lowest BCUT2D eigenvalue weighted by Crippen LogP contribution is -2.47. The van der Waals surface area contributed by atoms with Crippen LogP contribution in [0.5, 0.6) is 0 Å². The normalized spacial score (nSPS) is 18.4. The lowest BCUT2D eigenvalue weighted by Gasteiger charge is -2.25. The van der Waals surface area contributed by atoms with Crippen molar-refractivity contribution in [1.29, 1.82) is 0 Å². The van der Waals surface area contributed by atoms with Crippen LogP contribution in [0.1, 0.15) is 23.2 Å². The van der Waals surface area contributed by atoms with E-state index in [0.29, 0.717) is 25.5 Å². The maximum Gasteiger partial charge on any atom is 0.256 e. The minimum absolute atomic E-state index is 0.00465. The number of nitrogens with one attached hydrogen (secondary N) is 1. The molecule has 0 saturated carbocycles. The minimum Gasteiger partial charge on any atom is -0.327 e. The maximum atomic E-state index is 13.9. The minimum atomic E-state index is -0.870. The van der Waals surface area contributed by atoms with Gasteiger partial charge in [0, 0.05) is 18.3 Å². The molecule has 1 fully saturated rings. The third kappa shape index (κ3) is 3.55. The number of benzene rings is 2. The van der Waals surface area contributed by atoms with Gasteiger partial charge >= 0.3 is 0 Å². The summed E-state index contributed by atoms with van der Waals surface area (Å²) in [6.45, 7) is -0.139. The van der Waals surface area contributed by atoms with Crippen LogP contribution in [0, 0.1) is 17.5 Å². The van der Waals surface area contributed by atoms with E-state index in [0.717, 1.165) is 29.2 Å². The fraction of sp³-hybridized carbons (Fsp3) is 0.250. The Kier molecular flexibility index (Phi) is 4.73. The van der Waals surface area contributed by atoms with Crippen molar-refractivity contribution in [2.24, 2.45) is 0 Å². The molecule has 1 atom stereocenters. The molecule has 2 aromatic rings. The first-order valence-corrected chi connectivity index (χ1v) is 9.01. The third-order valence-corrected chi connectivity index (χ3v) is 4.99. The van der Waals surface area contributed by atoms with Gasteiger partial charge in [-0.05, 0) is 43.2 Å². The molecule has 4 rings (SSSR count). The van der Waals surface area contributed by atoms with E-state index < -0.39 is 47.8 Å². The largest absolute Gasteiger partial charge is 0.327 e. The van der Waals surface area contributed by atoms with Crippen LogP contribution >= 0.6 is 0 Å². The van der Waals surface area contributed by atoms with Gasteiger partial charge in [-0.25, -0.2) is 13.2 Å².